The van der Waals surface area contributed by atoms with Crippen LogP contribution in [0.15, 0.2) is 28.2 Å². The zero-order valence-electron chi connectivity index (χ0n) is 8.57. The van der Waals surface area contributed by atoms with Crippen LogP contribution in [0.2, 0.25) is 0 Å². The van der Waals surface area contributed by atoms with Crippen molar-refractivity contribution in [2.24, 2.45) is 7.05 Å². The predicted octanol–water partition coefficient (Wildman–Crippen LogP) is 3.42. The number of halogens is 1. The molecule has 2 heterocycles. The fraction of sp³-hybridized carbons (Fsp3) is 0.300. The standard InChI is InChI=1S/C10H12BrN3S/c1-7(10-8(11)4-6-15-10)13-9-3-5-12-14(9)2/h3-7,13H,1-2H3. The molecule has 2 aromatic heterocycles. The minimum atomic E-state index is 0.287. The van der Waals surface area contributed by atoms with Crippen molar-refractivity contribution in [3.63, 3.8) is 0 Å². The molecule has 0 saturated carbocycles. The van der Waals surface area contributed by atoms with Gasteiger partial charge in [0.15, 0.2) is 0 Å². The van der Waals surface area contributed by atoms with Crippen LogP contribution in [-0.2, 0) is 7.05 Å². The van der Waals surface area contributed by atoms with Gasteiger partial charge in [-0.1, -0.05) is 0 Å². The molecule has 0 aliphatic heterocycles. The molecule has 2 rings (SSSR count). The molecule has 5 heteroatoms. The summed E-state index contributed by atoms with van der Waals surface area (Å²) in [6, 6.07) is 4.33. The maximum atomic E-state index is 4.12. The normalized spacial score (nSPS) is 12.7. The van der Waals surface area contributed by atoms with Crippen LogP contribution in [0.1, 0.15) is 17.8 Å². The lowest BCUT2D eigenvalue weighted by atomic mass is 10.3. The number of thiophene rings is 1. The van der Waals surface area contributed by atoms with E-state index in [0.717, 1.165) is 10.3 Å². The van der Waals surface area contributed by atoms with Gasteiger partial charge >= 0.3 is 0 Å². The topological polar surface area (TPSA) is 29.9 Å². The summed E-state index contributed by atoms with van der Waals surface area (Å²) in [5.41, 5.74) is 0. The Hall–Kier alpha value is -0.810. The first-order chi connectivity index (χ1) is 7.18. The average Bonchev–Trinajstić information content (AvgIpc) is 2.76. The summed E-state index contributed by atoms with van der Waals surface area (Å²) in [7, 11) is 1.93. The van der Waals surface area contributed by atoms with Crippen LogP contribution in [0.3, 0.4) is 0 Å². The van der Waals surface area contributed by atoms with Gasteiger partial charge in [0.05, 0.1) is 12.2 Å². The second-order valence-electron chi connectivity index (χ2n) is 3.34. The molecular weight excluding hydrogens is 274 g/mol. The lowest BCUT2D eigenvalue weighted by Crippen LogP contribution is -2.09. The van der Waals surface area contributed by atoms with Gasteiger partial charge in [-0.15, -0.1) is 11.3 Å². The van der Waals surface area contributed by atoms with Gasteiger partial charge in [0.25, 0.3) is 0 Å². The minimum Gasteiger partial charge on any atom is -0.363 e. The second kappa shape index (κ2) is 4.37. The van der Waals surface area contributed by atoms with Crippen LogP contribution in [0, 0.1) is 0 Å². The quantitative estimate of drug-likeness (QED) is 0.937. The van der Waals surface area contributed by atoms with Gasteiger partial charge in [-0.2, -0.15) is 5.10 Å². The van der Waals surface area contributed by atoms with Gasteiger partial charge in [-0.25, -0.2) is 0 Å². The van der Waals surface area contributed by atoms with E-state index in [0.29, 0.717) is 0 Å². The Morgan fingerprint density at radius 3 is 2.87 bits per heavy atom. The monoisotopic (exact) mass is 285 g/mol. The lowest BCUT2D eigenvalue weighted by molar-refractivity contribution is 0.753. The Bertz CT molecular complexity index is 449. The maximum absolute atomic E-state index is 4.12. The van der Waals surface area contributed by atoms with Crippen molar-refractivity contribution in [3.8, 4) is 0 Å². The first kappa shape index (κ1) is 10.7. The zero-order valence-corrected chi connectivity index (χ0v) is 11.0. The predicted molar refractivity (Wildman–Crippen MR) is 67.3 cm³/mol. The molecule has 1 N–H and O–H groups in total. The molecule has 2 aromatic rings. The lowest BCUT2D eigenvalue weighted by Gasteiger charge is -2.14. The molecule has 0 amide bonds. The van der Waals surface area contributed by atoms with Gasteiger partial charge in [0.1, 0.15) is 5.82 Å². The summed E-state index contributed by atoms with van der Waals surface area (Å²) in [5.74, 6) is 1.03. The molecule has 0 bridgehead atoms. The van der Waals surface area contributed by atoms with Crippen molar-refractivity contribution in [1.82, 2.24) is 9.78 Å². The average molecular weight is 286 g/mol. The van der Waals surface area contributed by atoms with Crippen LogP contribution in [0.25, 0.3) is 0 Å². The van der Waals surface area contributed by atoms with Crippen LogP contribution >= 0.6 is 27.3 Å². The van der Waals surface area contributed by atoms with Crippen molar-refractivity contribution in [1.29, 1.82) is 0 Å². The van der Waals surface area contributed by atoms with E-state index in [1.54, 1.807) is 17.5 Å². The fourth-order valence-corrected chi connectivity index (χ4v) is 3.14. The molecule has 1 unspecified atom stereocenters. The molecule has 0 aromatic carbocycles. The third kappa shape index (κ3) is 2.23. The number of aromatic nitrogens is 2. The smallest absolute Gasteiger partial charge is 0.124 e. The van der Waals surface area contributed by atoms with Crippen LogP contribution in [-0.4, -0.2) is 9.78 Å². The second-order valence-corrected chi connectivity index (χ2v) is 5.14. The molecule has 3 nitrogen and oxygen atoms in total. The molecule has 15 heavy (non-hydrogen) atoms. The van der Waals surface area contributed by atoms with Crippen molar-refractivity contribution in [3.05, 3.63) is 33.1 Å². The van der Waals surface area contributed by atoms with E-state index in [4.69, 9.17) is 0 Å². The first-order valence-electron chi connectivity index (χ1n) is 4.66. The van der Waals surface area contributed by atoms with Crippen LogP contribution in [0.5, 0.6) is 0 Å². The highest BCUT2D eigenvalue weighted by Gasteiger charge is 2.11. The number of rotatable bonds is 3. The summed E-state index contributed by atoms with van der Waals surface area (Å²) in [5, 5.41) is 9.62. The van der Waals surface area contributed by atoms with E-state index in [2.05, 4.69) is 44.7 Å². The third-order valence-corrected chi connectivity index (χ3v) is 4.28. The molecular formula is C10H12BrN3S. The number of nitrogens with one attached hydrogen (secondary N) is 1. The third-order valence-electron chi connectivity index (χ3n) is 2.22. The summed E-state index contributed by atoms with van der Waals surface area (Å²) in [4.78, 5) is 1.30. The van der Waals surface area contributed by atoms with E-state index in [1.165, 1.54) is 4.88 Å². The highest BCUT2D eigenvalue weighted by atomic mass is 79.9. The van der Waals surface area contributed by atoms with E-state index in [1.807, 2.05) is 17.8 Å². The highest BCUT2D eigenvalue weighted by Crippen LogP contribution is 2.30. The van der Waals surface area contributed by atoms with E-state index < -0.39 is 0 Å². The van der Waals surface area contributed by atoms with Gasteiger partial charge < -0.3 is 5.32 Å². The van der Waals surface area contributed by atoms with Crippen molar-refractivity contribution in [2.45, 2.75) is 13.0 Å². The Kier molecular flexibility index (Phi) is 3.11. The molecule has 80 valence electrons. The molecule has 0 saturated heterocycles. The number of hydrogen-bond donors (Lipinski definition) is 1. The van der Waals surface area contributed by atoms with Crippen molar-refractivity contribution in [2.75, 3.05) is 5.32 Å². The van der Waals surface area contributed by atoms with E-state index in [9.17, 15) is 0 Å². The molecule has 0 aliphatic rings. The number of anilines is 1. The Labute approximate surface area is 101 Å². The van der Waals surface area contributed by atoms with Gasteiger partial charge in [-0.3, -0.25) is 4.68 Å². The van der Waals surface area contributed by atoms with Gasteiger partial charge in [-0.05, 0) is 34.3 Å². The highest BCUT2D eigenvalue weighted by molar-refractivity contribution is 9.10. The van der Waals surface area contributed by atoms with Crippen molar-refractivity contribution < 1.29 is 0 Å². The summed E-state index contributed by atoms with van der Waals surface area (Å²) < 4.78 is 2.99. The number of nitrogens with zero attached hydrogens (tertiary/aromatic N) is 2. The van der Waals surface area contributed by atoms with Gasteiger partial charge in [0, 0.05) is 22.5 Å². The van der Waals surface area contributed by atoms with Crippen LogP contribution in [0.4, 0.5) is 5.82 Å². The summed E-state index contributed by atoms with van der Waals surface area (Å²) in [6.07, 6.45) is 1.79. The fourth-order valence-electron chi connectivity index (χ4n) is 1.42. The molecule has 0 spiro atoms. The van der Waals surface area contributed by atoms with Crippen LogP contribution < -0.4 is 5.32 Å². The largest absolute Gasteiger partial charge is 0.363 e. The molecule has 0 aliphatic carbocycles. The zero-order chi connectivity index (χ0) is 10.8. The van der Waals surface area contributed by atoms with Gasteiger partial charge in [0.2, 0.25) is 0 Å². The van der Waals surface area contributed by atoms with E-state index in [-0.39, 0.29) is 6.04 Å². The SMILES string of the molecule is CC(Nc1ccnn1C)c1sccc1Br. The Morgan fingerprint density at radius 2 is 2.33 bits per heavy atom. The molecule has 0 fully saturated rings. The molecule has 1 atom stereocenters. The van der Waals surface area contributed by atoms with E-state index >= 15 is 0 Å². The van der Waals surface area contributed by atoms with Crippen molar-refractivity contribution >= 4 is 33.1 Å². The maximum Gasteiger partial charge on any atom is 0.124 e. The summed E-state index contributed by atoms with van der Waals surface area (Å²) in [6.45, 7) is 2.14. The number of hydrogen-bond acceptors (Lipinski definition) is 3. The minimum absolute atomic E-state index is 0.287. The summed E-state index contributed by atoms with van der Waals surface area (Å²) >= 11 is 5.28. The number of aryl methyl sites for hydroxylation is 1. The first-order valence-corrected chi connectivity index (χ1v) is 6.33. The Balaban J connectivity index is 2.14. The molecule has 0 radical (unpaired) electrons. The Morgan fingerprint density at radius 1 is 1.53 bits per heavy atom.